The summed E-state index contributed by atoms with van der Waals surface area (Å²) in [6.45, 7) is 7.21. The van der Waals surface area contributed by atoms with E-state index in [4.69, 9.17) is 34.8 Å². The molecule has 0 saturated carbocycles. The van der Waals surface area contributed by atoms with Crippen molar-refractivity contribution in [2.45, 2.75) is 43.6 Å². The van der Waals surface area contributed by atoms with Crippen LogP contribution < -0.4 is 5.32 Å². The van der Waals surface area contributed by atoms with Gasteiger partial charge in [-0.15, -0.1) is 0 Å². The Hall–Kier alpha value is 0.300. The lowest BCUT2D eigenvalue weighted by Gasteiger charge is -2.35. The van der Waals surface area contributed by atoms with Crippen molar-refractivity contribution >= 4 is 40.7 Å². The normalized spacial score (nSPS) is 20.4. The molecule has 0 bridgehead atoms. The second-order valence-electron chi connectivity index (χ2n) is 5.41. The molecule has 0 radical (unpaired) electrons. The van der Waals surface area contributed by atoms with Crippen LogP contribution in [0, 0.1) is 5.41 Å². The van der Waals surface area contributed by atoms with E-state index in [-0.39, 0.29) is 5.91 Å². The van der Waals surface area contributed by atoms with Crippen LogP contribution in [0.5, 0.6) is 0 Å². The van der Waals surface area contributed by atoms with Crippen molar-refractivity contribution in [3.8, 4) is 0 Å². The monoisotopic (exact) mass is 300 g/mol. The van der Waals surface area contributed by atoms with Gasteiger partial charge in [0.1, 0.15) is 6.17 Å². The molecule has 1 heterocycles. The number of nitrogens with zero attached hydrogens (tertiary/aromatic N) is 1. The first-order valence-electron chi connectivity index (χ1n) is 5.74. The van der Waals surface area contributed by atoms with Crippen LogP contribution in [0.3, 0.4) is 0 Å². The highest BCUT2D eigenvalue weighted by atomic mass is 35.6. The standard InChI is InChI=1S/C11H19Cl3N2O/c1-10(2,3)9(17)15-8(11(12,13)14)16-6-4-5-7-16/h8H,4-7H2,1-3H3,(H,15,17)/t8-/m0/s1. The minimum Gasteiger partial charge on any atom is -0.336 e. The maximum absolute atomic E-state index is 12.0. The Labute approximate surface area is 118 Å². The summed E-state index contributed by atoms with van der Waals surface area (Å²) in [5.41, 5.74) is -0.492. The van der Waals surface area contributed by atoms with Crippen LogP contribution in [0.4, 0.5) is 0 Å². The van der Waals surface area contributed by atoms with Crippen LogP contribution >= 0.6 is 34.8 Å². The van der Waals surface area contributed by atoms with Gasteiger partial charge < -0.3 is 5.32 Å². The van der Waals surface area contributed by atoms with Gasteiger partial charge in [0.15, 0.2) is 0 Å². The fourth-order valence-corrected chi connectivity index (χ4v) is 2.30. The summed E-state index contributed by atoms with van der Waals surface area (Å²) in [6.07, 6.45) is 1.59. The zero-order valence-electron chi connectivity index (χ0n) is 10.4. The molecule has 1 N–H and O–H groups in total. The summed E-state index contributed by atoms with van der Waals surface area (Å²) in [5, 5.41) is 2.83. The van der Waals surface area contributed by atoms with Crippen LogP contribution in [-0.2, 0) is 4.79 Å². The predicted molar refractivity (Wildman–Crippen MR) is 72.5 cm³/mol. The molecular formula is C11H19Cl3N2O. The van der Waals surface area contributed by atoms with Crippen molar-refractivity contribution < 1.29 is 4.79 Å². The van der Waals surface area contributed by atoms with Gasteiger partial charge in [-0.1, -0.05) is 55.6 Å². The average Bonchev–Trinajstić information content (AvgIpc) is 2.62. The minimum atomic E-state index is -1.51. The molecule has 1 atom stereocenters. The Morgan fingerprint density at radius 1 is 1.18 bits per heavy atom. The number of hydrogen-bond donors (Lipinski definition) is 1. The van der Waals surface area contributed by atoms with Crippen molar-refractivity contribution in [2.75, 3.05) is 13.1 Å². The average molecular weight is 302 g/mol. The molecule has 6 heteroatoms. The maximum Gasteiger partial charge on any atom is 0.226 e. The van der Waals surface area contributed by atoms with E-state index in [1.165, 1.54) is 0 Å². The van der Waals surface area contributed by atoms with Gasteiger partial charge in [0.05, 0.1) is 0 Å². The number of nitrogens with one attached hydrogen (secondary N) is 1. The molecule has 1 aliphatic heterocycles. The lowest BCUT2D eigenvalue weighted by atomic mass is 9.95. The molecule has 17 heavy (non-hydrogen) atoms. The molecule has 3 nitrogen and oxygen atoms in total. The van der Waals surface area contributed by atoms with Crippen LogP contribution in [-0.4, -0.2) is 33.9 Å². The van der Waals surface area contributed by atoms with E-state index in [9.17, 15) is 4.79 Å². The summed E-state index contributed by atoms with van der Waals surface area (Å²) < 4.78 is -1.51. The van der Waals surface area contributed by atoms with Gasteiger partial charge in [0.2, 0.25) is 9.70 Å². The third-order valence-electron chi connectivity index (χ3n) is 2.76. The Morgan fingerprint density at radius 3 is 2.00 bits per heavy atom. The molecule has 1 saturated heterocycles. The van der Waals surface area contributed by atoms with E-state index in [0.29, 0.717) is 0 Å². The third-order valence-corrected chi connectivity index (χ3v) is 3.38. The third kappa shape index (κ3) is 4.47. The second kappa shape index (κ2) is 5.52. The largest absolute Gasteiger partial charge is 0.336 e. The highest BCUT2D eigenvalue weighted by Gasteiger charge is 2.40. The van der Waals surface area contributed by atoms with Gasteiger partial charge in [0.25, 0.3) is 0 Å². The molecule has 0 aliphatic carbocycles. The van der Waals surface area contributed by atoms with Crippen LogP contribution in [0.2, 0.25) is 0 Å². The first-order valence-corrected chi connectivity index (χ1v) is 6.87. The number of halogens is 3. The zero-order chi connectivity index (χ0) is 13.3. The summed E-state index contributed by atoms with van der Waals surface area (Å²) in [5.74, 6) is -0.110. The van der Waals surface area contributed by atoms with E-state index in [0.717, 1.165) is 25.9 Å². The molecule has 0 aromatic heterocycles. The Bertz CT molecular complexity index is 277. The van der Waals surface area contributed by atoms with Crippen molar-refractivity contribution in [3.63, 3.8) is 0 Å². The minimum absolute atomic E-state index is 0.110. The van der Waals surface area contributed by atoms with Gasteiger partial charge in [-0.05, 0) is 12.8 Å². The summed E-state index contributed by atoms with van der Waals surface area (Å²) in [7, 11) is 0. The van der Waals surface area contributed by atoms with E-state index < -0.39 is 15.4 Å². The molecule has 0 aromatic rings. The molecule has 0 aromatic carbocycles. The predicted octanol–water partition coefficient (Wildman–Crippen LogP) is 2.94. The van der Waals surface area contributed by atoms with Gasteiger partial charge in [-0.3, -0.25) is 9.69 Å². The Kier molecular flexibility index (Phi) is 4.98. The number of carbonyl (C=O) groups excluding carboxylic acids is 1. The van der Waals surface area contributed by atoms with Crippen molar-refractivity contribution in [3.05, 3.63) is 0 Å². The van der Waals surface area contributed by atoms with Crippen molar-refractivity contribution in [2.24, 2.45) is 5.41 Å². The summed E-state index contributed by atoms with van der Waals surface area (Å²) in [6, 6.07) is 0. The highest BCUT2D eigenvalue weighted by molar-refractivity contribution is 6.68. The molecule has 100 valence electrons. The second-order valence-corrected chi connectivity index (χ2v) is 7.78. The zero-order valence-corrected chi connectivity index (χ0v) is 12.7. The van der Waals surface area contributed by atoms with Gasteiger partial charge in [0, 0.05) is 18.5 Å². The number of alkyl halides is 3. The fourth-order valence-electron chi connectivity index (χ4n) is 1.72. The lowest BCUT2D eigenvalue weighted by Crippen LogP contribution is -2.56. The molecule has 1 fully saturated rings. The van der Waals surface area contributed by atoms with E-state index >= 15 is 0 Å². The van der Waals surface area contributed by atoms with Crippen LogP contribution in [0.25, 0.3) is 0 Å². The van der Waals surface area contributed by atoms with Crippen LogP contribution in [0.15, 0.2) is 0 Å². The molecular weight excluding hydrogens is 282 g/mol. The van der Waals surface area contributed by atoms with Gasteiger partial charge in [-0.25, -0.2) is 0 Å². The fraction of sp³-hybridized carbons (Fsp3) is 0.909. The summed E-state index contributed by atoms with van der Waals surface area (Å²) >= 11 is 17.8. The number of amides is 1. The quantitative estimate of drug-likeness (QED) is 0.795. The van der Waals surface area contributed by atoms with E-state index in [1.54, 1.807) is 0 Å². The molecule has 1 amide bonds. The smallest absolute Gasteiger partial charge is 0.226 e. The van der Waals surface area contributed by atoms with Gasteiger partial charge in [-0.2, -0.15) is 0 Å². The molecule has 0 spiro atoms. The molecule has 1 aliphatic rings. The molecule has 1 rings (SSSR count). The van der Waals surface area contributed by atoms with Crippen molar-refractivity contribution in [1.29, 1.82) is 0 Å². The lowest BCUT2D eigenvalue weighted by molar-refractivity contribution is -0.130. The number of carbonyl (C=O) groups is 1. The summed E-state index contributed by atoms with van der Waals surface area (Å²) in [4.78, 5) is 14.0. The first kappa shape index (κ1) is 15.4. The Morgan fingerprint density at radius 2 is 1.65 bits per heavy atom. The molecule has 0 unspecified atom stereocenters. The highest BCUT2D eigenvalue weighted by Crippen LogP contribution is 2.34. The van der Waals surface area contributed by atoms with Gasteiger partial charge >= 0.3 is 0 Å². The number of rotatable bonds is 2. The van der Waals surface area contributed by atoms with E-state index in [1.807, 2.05) is 25.7 Å². The van der Waals surface area contributed by atoms with Crippen LogP contribution in [0.1, 0.15) is 33.6 Å². The maximum atomic E-state index is 12.0. The number of hydrogen-bond acceptors (Lipinski definition) is 2. The first-order chi connectivity index (χ1) is 7.62. The number of likely N-dealkylation sites (tertiary alicyclic amines) is 1. The Balaban J connectivity index is 2.74. The van der Waals surface area contributed by atoms with E-state index in [2.05, 4.69) is 5.32 Å². The van der Waals surface area contributed by atoms with Crippen molar-refractivity contribution in [1.82, 2.24) is 10.2 Å². The SMILES string of the molecule is CC(C)(C)C(=O)N[C@@H](N1CCCC1)C(Cl)(Cl)Cl. The topological polar surface area (TPSA) is 32.3 Å².